The summed E-state index contributed by atoms with van der Waals surface area (Å²) in [7, 11) is 0. The molecule has 0 bridgehead atoms. The molecular formula is C9H14F2O2. The zero-order valence-electron chi connectivity index (χ0n) is 7.85. The van der Waals surface area contributed by atoms with E-state index in [0.29, 0.717) is 6.42 Å². The van der Waals surface area contributed by atoms with Crippen LogP contribution < -0.4 is 0 Å². The molecule has 0 amide bonds. The second-order valence-electron chi connectivity index (χ2n) is 3.38. The van der Waals surface area contributed by atoms with Crippen LogP contribution in [0.25, 0.3) is 0 Å². The number of ether oxygens (including phenoxy) is 1. The zero-order valence-corrected chi connectivity index (χ0v) is 7.85. The van der Waals surface area contributed by atoms with Crippen molar-refractivity contribution in [1.82, 2.24) is 0 Å². The third-order valence-corrected chi connectivity index (χ3v) is 2.75. The lowest BCUT2D eigenvalue weighted by atomic mass is 10.0. The number of hydrogen-bond donors (Lipinski definition) is 0. The van der Waals surface area contributed by atoms with Gasteiger partial charge in [-0.1, -0.05) is 6.92 Å². The van der Waals surface area contributed by atoms with Crippen molar-refractivity contribution in [2.24, 2.45) is 11.3 Å². The molecule has 4 heteroatoms. The van der Waals surface area contributed by atoms with E-state index in [1.54, 1.807) is 13.8 Å². The Morgan fingerprint density at radius 1 is 1.62 bits per heavy atom. The molecular weight excluding hydrogens is 178 g/mol. The number of hydrogen-bond acceptors (Lipinski definition) is 2. The number of esters is 1. The Morgan fingerprint density at radius 2 is 2.23 bits per heavy atom. The first-order valence-electron chi connectivity index (χ1n) is 4.53. The van der Waals surface area contributed by atoms with Crippen molar-refractivity contribution in [3.05, 3.63) is 0 Å². The van der Waals surface area contributed by atoms with E-state index in [9.17, 15) is 13.6 Å². The van der Waals surface area contributed by atoms with Gasteiger partial charge in [0, 0.05) is 5.92 Å². The fourth-order valence-corrected chi connectivity index (χ4v) is 1.72. The van der Waals surface area contributed by atoms with Gasteiger partial charge >= 0.3 is 5.97 Å². The van der Waals surface area contributed by atoms with E-state index in [1.165, 1.54) is 0 Å². The first-order valence-corrected chi connectivity index (χ1v) is 4.53. The van der Waals surface area contributed by atoms with E-state index in [2.05, 4.69) is 0 Å². The summed E-state index contributed by atoms with van der Waals surface area (Å²) in [5, 5.41) is 0. The average molecular weight is 192 g/mol. The Labute approximate surface area is 76.3 Å². The third-order valence-electron chi connectivity index (χ3n) is 2.75. The average Bonchev–Trinajstić information content (AvgIpc) is 2.80. The van der Waals surface area contributed by atoms with E-state index in [0.717, 1.165) is 0 Å². The molecule has 0 N–H and O–H groups in total. The molecule has 2 atom stereocenters. The van der Waals surface area contributed by atoms with Crippen LogP contribution in [0.5, 0.6) is 0 Å². The van der Waals surface area contributed by atoms with E-state index in [4.69, 9.17) is 4.74 Å². The van der Waals surface area contributed by atoms with Gasteiger partial charge in [0.1, 0.15) is 0 Å². The van der Waals surface area contributed by atoms with Crippen LogP contribution in [0, 0.1) is 11.3 Å². The maximum Gasteiger partial charge on any atom is 0.312 e. The number of rotatable bonds is 4. The van der Waals surface area contributed by atoms with Crippen LogP contribution in [-0.2, 0) is 9.53 Å². The highest BCUT2D eigenvalue weighted by atomic mass is 19.3. The van der Waals surface area contributed by atoms with Gasteiger partial charge in [0.25, 0.3) is 0 Å². The topological polar surface area (TPSA) is 26.3 Å². The third kappa shape index (κ3) is 1.67. The maximum atomic E-state index is 12.3. The molecule has 1 aliphatic carbocycles. The first kappa shape index (κ1) is 10.4. The fraction of sp³-hybridized carbons (Fsp3) is 0.889. The van der Waals surface area contributed by atoms with E-state index < -0.39 is 23.7 Å². The van der Waals surface area contributed by atoms with Crippen LogP contribution in [-0.4, -0.2) is 19.0 Å². The molecule has 1 saturated carbocycles. The summed E-state index contributed by atoms with van der Waals surface area (Å²) < 4.78 is 29.4. The van der Waals surface area contributed by atoms with Crippen molar-refractivity contribution >= 4 is 5.97 Å². The van der Waals surface area contributed by atoms with Crippen molar-refractivity contribution in [1.29, 1.82) is 0 Å². The maximum absolute atomic E-state index is 12.3. The molecule has 0 radical (unpaired) electrons. The lowest BCUT2D eigenvalue weighted by Gasteiger charge is -2.12. The molecule has 1 rings (SSSR count). The van der Waals surface area contributed by atoms with E-state index >= 15 is 0 Å². The van der Waals surface area contributed by atoms with Crippen molar-refractivity contribution in [2.75, 3.05) is 6.61 Å². The molecule has 0 aromatic heterocycles. The highest BCUT2D eigenvalue weighted by molar-refractivity contribution is 5.80. The smallest absolute Gasteiger partial charge is 0.312 e. The Morgan fingerprint density at radius 3 is 2.54 bits per heavy atom. The van der Waals surface area contributed by atoms with Crippen LogP contribution in [0.3, 0.4) is 0 Å². The molecule has 0 heterocycles. The summed E-state index contributed by atoms with van der Waals surface area (Å²) in [5.74, 6) is -1.24. The van der Waals surface area contributed by atoms with Crippen molar-refractivity contribution in [3.8, 4) is 0 Å². The molecule has 0 saturated heterocycles. The summed E-state index contributed by atoms with van der Waals surface area (Å²) in [6, 6.07) is 0. The van der Waals surface area contributed by atoms with Gasteiger partial charge < -0.3 is 4.74 Å². The summed E-state index contributed by atoms with van der Waals surface area (Å²) in [5.41, 5.74) is -0.871. The molecule has 0 aromatic rings. The summed E-state index contributed by atoms with van der Waals surface area (Å²) >= 11 is 0. The summed E-state index contributed by atoms with van der Waals surface area (Å²) in [4.78, 5) is 11.3. The number of alkyl halides is 2. The van der Waals surface area contributed by atoms with Crippen LogP contribution in [0.2, 0.25) is 0 Å². The Kier molecular flexibility index (Phi) is 2.88. The molecule has 0 aromatic carbocycles. The molecule has 13 heavy (non-hydrogen) atoms. The molecule has 1 aliphatic rings. The van der Waals surface area contributed by atoms with Gasteiger partial charge in [-0.25, -0.2) is 8.78 Å². The van der Waals surface area contributed by atoms with Gasteiger partial charge in [-0.2, -0.15) is 0 Å². The Hall–Kier alpha value is -0.670. The number of carbonyl (C=O) groups is 1. The zero-order chi connectivity index (χ0) is 10.1. The normalized spacial score (nSPS) is 31.9. The number of carbonyl (C=O) groups excluding carboxylic acids is 1. The predicted molar refractivity (Wildman–Crippen MR) is 43.5 cm³/mol. The minimum atomic E-state index is -2.40. The Bertz CT molecular complexity index is 206. The quantitative estimate of drug-likeness (QED) is 0.638. The predicted octanol–water partition coefficient (Wildman–Crippen LogP) is 2.23. The SMILES string of the molecule is CCOC(=O)C1(CC)C[C@H]1C(F)F. The van der Waals surface area contributed by atoms with Gasteiger partial charge in [-0.05, 0) is 19.8 Å². The molecule has 76 valence electrons. The van der Waals surface area contributed by atoms with Crippen LogP contribution >= 0.6 is 0 Å². The molecule has 2 nitrogen and oxygen atoms in total. The molecule has 0 spiro atoms. The van der Waals surface area contributed by atoms with Crippen molar-refractivity contribution in [3.63, 3.8) is 0 Å². The monoisotopic (exact) mass is 192 g/mol. The standard InChI is InChI=1S/C9H14F2O2/c1-3-9(8(12)13-4-2)5-6(9)7(10)11/h6-7H,3-5H2,1-2H3/t6-,9?/m0/s1. The van der Waals surface area contributed by atoms with Crippen molar-refractivity contribution in [2.45, 2.75) is 33.1 Å². The van der Waals surface area contributed by atoms with Gasteiger partial charge in [0.15, 0.2) is 0 Å². The van der Waals surface area contributed by atoms with E-state index in [1.807, 2.05) is 0 Å². The highest BCUT2D eigenvalue weighted by Crippen LogP contribution is 2.58. The fourth-order valence-electron chi connectivity index (χ4n) is 1.72. The minimum absolute atomic E-state index is 0.260. The van der Waals surface area contributed by atoms with Crippen LogP contribution in [0.1, 0.15) is 26.7 Å². The molecule has 0 aliphatic heterocycles. The lowest BCUT2D eigenvalue weighted by Crippen LogP contribution is -2.22. The Balaban J connectivity index is 2.59. The first-order chi connectivity index (χ1) is 6.08. The summed E-state index contributed by atoms with van der Waals surface area (Å²) in [6.07, 6.45) is -1.68. The van der Waals surface area contributed by atoms with Gasteiger partial charge in [0.2, 0.25) is 6.43 Å². The van der Waals surface area contributed by atoms with Crippen LogP contribution in [0.15, 0.2) is 0 Å². The van der Waals surface area contributed by atoms with E-state index in [-0.39, 0.29) is 13.0 Å². The largest absolute Gasteiger partial charge is 0.466 e. The molecule has 1 unspecified atom stereocenters. The van der Waals surface area contributed by atoms with Crippen molar-refractivity contribution < 1.29 is 18.3 Å². The number of halogens is 2. The second-order valence-corrected chi connectivity index (χ2v) is 3.38. The highest BCUT2D eigenvalue weighted by Gasteiger charge is 2.63. The minimum Gasteiger partial charge on any atom is -0.466 e. The lowest BCUT2D eigenvalue weighted by molar-refractivity contribution is -0.151. The summed E-state index contributed by atoms with van der Waals surface area (Å²) in [6.45, 7) is 3.69. The second kappa shape index (κ2) is 3.60. The molecule has 1 fully saturated rings. The van der Waals surface area contributed by atoms with Gasteiger partial charge in [-0.3, -0.25) is 4.79 Å². The van der Waals surface area contributed by atoms with Gasteiger partial charge in [0.05, 0.1) is 12.0 Å². The van der Waals surface area contributed by atoms with Crippen LogP contribution in [0.4, 0.5) is 8.78 Å². The van der Waals surface area contributed by atoms with Gasteiger partial charge in [-0.15, -0.1) is 0 Å².